The molecule has 0 aliphatic rings. The summed E-state index contributed by atoms with van der Waals surface area (Å²) in [7, 11) is 0. The van der Waals surface area contributed by atoms with E-state index < -0.39 is 0 Å². The molecule has 0 spiro atoms. The molecule has 0 unspecified atom stereocenters. The summed E-state index contributed by atoms with van der Waals surface area (Å²) < 4.78 is 0. The van der Waals surface area contributed by atoms with E-state index in [9.17, 15) is 0 Å². The van der Waals surface area contributed by atoms with Gasteiger partial charge in [-0.05, 0) is 29.7 Å². The maximum atomic E-state index is 2.28. The first-order chi connectivity index (χ1) is 6.29. The van der Waals surface area contributed by atoms with Gasteiger partial charge in [-0.15, -0.1) is 0 Å². The van der Waals surface area contributed by atoms with Gasteiger partial charge in [0, 0.05) is 0 Å². The van der Waals surface area contributed by atoms with Crippen LogP contribution in [0.5, 0.6) is 0 Å². The van der Waals surface area contributed by atoms with Crippen LogP contribution >= 0.6 is 0 Å². The molecule has 0 amide bonds. The second-order valence-electron chi connectivity index (χ2n) is 3.54. The second-order valence-corrected chi connectivity index (χ2v) is 3.54. The molecule has 0 bridgehead atoms. The smallest absolute Gasteiger partial charge is 0.0179 e. The minimum atomic E-state index is 0. The lowest BCUT2D eigenvalue weighted by Gasteiger charge is -2.01. The van der Waals surface area contributed by atoms with Crippen molar-refractivity contribution in [1.82, 2.24) is 0 Å². The average Bonchev–Trinajstić information content (AvgIpc) is 2.16. The Bertz CT molecular complexity index is 427. The normalized spacial score (nSPS) is 8.62. The Kier molecular flexibility index (Phi) is 7.54. The number of fused-ring (bicyclic) bond motifs is 1. The van der Waals surface area contributed by atoms with E-state index in [0.717, 1.165) is 6.42 Å². The van der Waals surface area contributed by atoms with Gasteiger partial charge in [0.15, 0.2) is 0 Å². The van der Waals surface area contributed by atoms with Crippen LogP contribution in [0, 0.1) is 6.92 Å². The fourth-order valence-corrected chi connectivity index (χ4v) is 1.64. The Balaban J connectivity index is 0. The number of rotatable bonds is 1. The zero-order valence-electron chi connectivity index (χ0n) is 8.17. The predicted molar refractivity (Wildman–Crippen MR) is 78.3 cm³/mol. The maximum absolute atomic E-state index is 2.28. The predicted octanol–water partition coefficient (Wildman–Crippen LogP) is 5.62. The van der Waals surface area contributed by atoms with Crippen molar-refractivity contribution in [2.45, 2.75) is 42.5 Å². The van der Waals surface area contributed by atoms with Crippen molar-refractivity contribution in [1.29, 1.82) is 0 Å². The average molecular weight is 218 g/mol. The largest absolute Gasteiger partial charge is 0.0776 e. The quantitative estimate of drug-likeness (QED) is 0.583. The topological polar surface area (TPSA) is 0 Å². The fraction of sp³-hybridized carbons (Fsp3) is 0.375. The van der Waals surface area contributed by atoms with Crippen molar-refractivity contribution < 1.29 is 0 Å². The molecule has 0 N–H and O–H groups in total. The van der Waals surface area contributed by atoms with Gasteiger partial charge in [0.2, 0.25) is 0 Å². The van der Waals surface area contributed by atoms with Crippen molar-refractivity contribution in [3.63, 3.8) is 0 Å². The van der Waals surface area contributed by atoms with Gasteiger partial charge in [-0.3, -0.25) is 0 Å². The Labute approximate surface area is 101 Å². The molecule has 0 aliphatic carbocycles. The number of benzene rings is 2. The van der Waals surface area contributed by atoms with E-state index in [1.165, 1.54) is 21.9 Å². The summed E-state index contributed by atoms with van der Waals surface area (Å²) in [6.45, 7) is 4.33. The van der Waals surface area contributed by atoms with E-state index in [0.29, 0.717) is 0 Å². The molecule has 0 aromatic heterocycles. The van der Waals surface area contributed by atoms with Crippen LogP contribution in [-0.4, -0.2) is 0 Å². The van der Waals surface area contributed by atoms with Crippen molar-refractivity contribution in [3.05, 3.63) is 47.5 Å². The zero-order chi connectivity index (χ0) is 9.26. The van der Waals surface area contributed by atoms with E-state index >= 15 is 0 Å². The van der Waals surface area contributed by atoms with E-state index in [-0.39, 0.29) is 22.3 Å². The molecule has 16 heavy (non-hydrogen) atoms. The van der Waals surface area contributed by atoms with Crippen LogP contribution in [0.4, 0.5) is 0 Å². The highest BCUT2D eigenvalue weighted by atomic mass is 14.0. The number of aryl methyl sites for hydroxylation is 2. The van der Waals surface area contributed by atoms with Gasteiger partial charge in [0.05, 0.1) is 0 Å². The van der Waals surface area contributed by atoms with E-state index in [4.69, 9.17) is 0 Å². The molecule has 0 nitrogen and oxygen atoms in total. The highest BCUT2D eigenvalue weighted by Crippen LogP contribution is 2.17. The molecule has 0 saturated heterocycles. The van der Waals surface area contributed by atoms with Crippen molar-refractivity contribution in [2.24, 2.45) is 0 Å². The molecule has 0 heteroatoms. The van der Waals surface area contributed by atoms with Gasteiger partial charge in [-0.25, -0.2) is 0 Å². The summed E-state index contributed by atoms with van der Waals surface area (Å²) in [5.74, 6) is 0. The summed E-state index contributed by atoms with van der Waals surface area (Å²) in [5, 5.41) is 2.70. The second kappa shape index (κ2) is 7.05. The van der Waals surface area contributed by atoms with Gasteiger partial charge in [0.25, 0.3) is 0 Å². The molecule has 0 atom stereocenters. The maximum Gasteiger partial charge on any atom is -0.0179 e. The number of hydrogen-bond donors (Lipinski definition) is 0. The standard InChI is InChI=1S/C13H14.3CH4/c1-3-11-5-7-12-6-4-10(2)8-13(12)9-11;;;/h4-9H,3H2,1-2H3;3*1H4. The summed E-state index contributed by atoms with van der Waals surface area (Å²) in [6, 6.07) is 13.3. The third-order valence-corrected chi connectivity index (χ3v) is 2.47. The van der Waals surface area contributed by atoms with Gasteiger partial charge in [0.1, 0.15) is 0 Å². The first-order valence-corrected chi connectivity index (χ1v) is 4.79. The van der Waals surface area contributed by atoms with Crippen molar-refractivity contribution in [3.8, 4) is 0 Å². The first kappa shape index (κ1) is 17.1. The van der Waals surface area contributed by atoms with Gasteiger partial charge < -0.3 is 0 Å². The van der Waals surface area contributed by atoms with Crippen molar-refractivity contribution >= 4 is 10.8 Å². The molecule has 0 heterocycles. The molecular formula is C16H26. The molecule has 2 aromatic rings. The Morgan fingerprint density at radius 1 is 0.812 bits per heavy atom. The van der Waals surface area contributed by atoms with Crippen LogP contribution in [0.25, 0.3) is 10.8 Å². The van der Waals surface area contributed by atoms with Gasteiger partial charge >= 0.3 is 0 Å². The van der Waals surface area contributed by atoms with E-state index in [2.05, 4.69) is 50.2 Å². The summed E-state index contributed by atoms with van der Waals surface area (Å²) in [4.78, 5) is 0. The lowest BCUT2D eigenvalue weighted by molar-refractivity contribution is 1.15. The van der Waals surface area contributed by atoms with Crippen LogP contribution in [0.15, 0.2) is 36.4 Å². The first-order valence-electron chi connectivity index (χ1n) is 4.79. The van der Waals surface area contributed by atoms with Crippen LogP contribution in [0.1, 0.15) is 40.3 Å². The van der Waals surface area contributed by atoms with E-state index in [1.807, 2.05) is 0 Å². The molecule has 0 saturated carbocycles. The summed E-state index contributed by atoms with van der Waals surface area (Å²) >= 11 is 0. The molecule has 0 fully saturated rings. The molecule has 90 valence electrons. The van der Waals surface area contributed by atoms with Crippen LogP contribution in [-0.2, 0) is 6.42 Å². The monoisotopic (exact) mass is 218 g/mol. The third kappa shape index (κ3) is 3.37. The summed E-state index contributed by atoms with van der Waals surface area (Å²) in [6.07, 6.45) is 1.11. The zero-order valence-corrected chi connectivity index (χ0v) is 8.17. The van der Waals surface area contributed by atoms with Crippen LogP contribution in [0.3, 0.4) is 0 Å². The van der Waals surface area contributed by atoms with Crippen LogP contribution < -0.4 is 0 Å². The molecule has 2 aromatic carbocycles. The van der Waals surface area contributed by atoms with Gasteiger partial charge in [-0.2, -0.15) is 0 Å². The third-order valence-electron chi connectivity index (χ3n) is 2.47. The SMILES string of the molecule is C.C.C.CCc1ccc2ccc(C)cc2c1. The highest BCUT2D eigenvalue weighted by Gasteiger charge is 1.94. The lowest BCUT2D eigenvalue weighted by Crippen LogP contribution is -1.81. The molecule has 2 rings (SSSR count). The van der Waals surface area contributed by atoms with Crippen LogP contribution in [0.2, 0.25) is 0 Å². The molecule has 0 radical (unpaired) electrons. The molecule has 0 aliphatic heterocycles. The van der Waals surface area contributed by atoms with Crippen molar-refractivity contribution in [2.75, 3.05) is 0 Å². The minimum absolute atomic E-state index is 0. The Morgan fingerprint density at radius 2 is 1.44 bits per heavy atom. The Hall–Kier alpha value is -1.30. The molecular weight excluding hydrogens is 192 g/mol. The fourth-order valence-electron chi connectivity index (χ4n) is 1.64. The number of hydrogen-bond acceptors (Lipinski definition) is 0. The summed E-state index contributed by atoms with van der Waals surface area (Å²) in [5.41, 5.74) is 2.75. The van der Waals surface area contributed by atoms with Gasteiger partial charge in [-0.1, -0.05) is 71.2 Å². The minimum Gasteiger partial charge on any atom is -0.0776 e. The van der Waals surface area contributed by atoms with E-state index in [1.54, 1.807) is 0 Å². The Morgan fingerprint density at radius 3 is 2.06 bits per heavy atom. The highest BCUT2D eigenvalue weighted by molar-refractivity contribution is 5.83. The lowest BCUT2D eigenvalue weighted by atomic mass is 10.0.